The Morgan fingerprint density at radius 2 is 1.72 bits per heavy atom. The van der Waals surface area contributed by atoms with Crippen molar-refractivity contribution in [2.75, 3.05) is 0 Å². The van der Waals surface area contributed by atoms with E-state index in [-0.39, 0.29) is 34.0 Å². The lowest BCUT2D eigenvalue weighted by atomic mass is 10.2. The fourth-order valence-corrected chi connectivity index (χ4v) is 3.83. The number of rotatable bonds is 3. The molecule has 0 saturated carbocycles. The number of halogens is 3. The smallest absolute Gasteiger partial charge is 0.296 e. The van der Waals surface area contributed by atoms with E-state index in [0.29, 0.717) is 23.0 Å². The average molecular weight is 437 g/mol. The molecule has 0 saturated heterocycles. The molecule has 0 aliphatic rings. The van der Waals surface area contributed by atoms with Crippen LogP contribution in [0.1, 0.15) is 31.9 Å². The highest BCUT2D eigenvalue weighted by Gasteiger charge is 2.31. The van der Waals surface area contributed by atoms with Crippen LogP contribution in [-0.2, 0) is 6.18 Å². The number of para-hydroxylation sites is 2. The molecule has 0 aliphatic carbocycles. The Morgan fingerprint density at radius 3 is 2.41 bits per heavy atom. The number of benzene rings is 2. The minimum absolute atomic E-state index is 0.0974. The van der Waals surface area contributed by atoms with Gasteiger partial charge in [0.05, 0.1) is 16.6 Å². The molecule has 0 fully saturated rings. The maximum absolute atomic E-state index is 13.4. The quantitative estimate of drug-likeness (QED) is 0.386. The van der Waals surface area contributed by atoms with Crippen LogP contribution in [0.4, 0.5) is 13.2 Å². The van der Waals surface area contributed by atoms with Crippen LogP contribution in [0.15, 0.2) is 59.7 Å². The topological polar surface area (TPSA) is 65.6 Å². The third kappa shape index (κ3) is 3.04. The van der Waals surface area contributed by atoms with Crippen molar-refractivity contribution in [3.8, 4) is 5.69 Å². The minimum Gasteiger partial charge on any atom is -0.296 e. The van der Waals surface area contributed by atoms with Gasteiger partial charge in [0.15, 0.2) is 11.3 Å². The molecule has 1 unspecified atom stereocenters. The van der Waals surface area contributed by atoms with Crippen molar-refractivity contribution in [1.82, 2.24) is 24.1 Å². The Balaban J connectivity index is 1.95. The zero-order valence-electron chi connectivity index (χ0n) is 17.3. The summed E-state index contributed by atoms with van der Waals surface area (Å²) in [4.78, 5) is 27.2. The van der Waals surface area contributed by atoms with Crippen LogP contribution in [0.5, 0.6) is 0 Å². The van der Waals surface area contributed by atoms with Crippen molar-refractivity contribution in [3.63, 3.8) is 0 Å². The summed E-state index contributed by atoms with van der Waals surface area (Å²) in [6.07, 6.45) is -2.36. The number of hydrogen-bond donors (Lipinski definition) is 0. The summed E-state index contributed by atoms with van der Waals surface area (Å²) >= 11 is 0. The second-order valence-electron chi connectivity index (χ2n) is 7.68. The van der Waals surface area contributed by atoms with Gasteiger partial charge in [0.2, 0.25) is 0 Å². The van der Waals surface area contributed by atoms with E-state index in [1.165, 1.54) is 27.6 Å². The molecule has 5 rings (SSSR count). The first-order valence-corrected chi connectivity index (χ1v) is 10.1. The summed E-state index contributed by atoms with van der Waals surface area (Å²) in [6.45, 7) is 3.86. The van der Waals surface area contributed by atoms with E-state index in [0.717, 1.165) is 12.1 Å². The Labute approximate surface area is 180 Å². The highest BCUT2D eigenvalue weighted by molar-refractivity contribution is 6.05. The van der Waals surface area contributed by atoms with Crippen molar-refractivity contribution in [1.29, 1.82) is 0 Å². The summed E-state index contributed by atoms with van der Waals surface area (Å²) in [6, 6.07) is 11.9. The van der Waals surface area contributed by atoms with E-state index in [4.69, 9.17) is 0 Å². The maximum Gasteiger partial charge on any atom is 0.416 e. The Bertz CT molecular complexity index is 1550. The van der Waals surface area contributed by atoms with E-state index in [2.05, 4.69) is 15.0 Å². The lowest BCUT2D eigenvalue weighted by molar-refractivity contribution is -0.137. The molecule has 1 atom stereocenters. The van der Waals surface area contributed by atoms with E-state index >= 15 is 0 Å². The lowest BCUT2D eigenvalue weighted by Crippen LogP contribution is -2.23. The molecule has 0 radical (unpaired) electrons. The molecule has 3 aromatic heterocycles. The van der Waals surface area contributed by atoms with Gasteiger partial charge in [0.1, 0.15) is 17.2 Å². The Morgan fingerprint density at radius 1 is 1.00 bits per heavy atom. The first-order chi connectivity index (χ1) is 15.3. The SMILES string of the molecule is CCC(C)n1cnc2c(c1=O)c1nc3ccccc3nc1n2-c1cccc(C(F)(F)F)c1. The molecule has 32 heavy (non-hydrogen) atoms. The van der Waals surface area contributed by atoms with Gasteiger partial charge in [-0.1, -0.05) is 25.1 Å². The molecule has 5 aromatic rings. The second-order valence-corrected chi connectivity index (χ2v) is 7.68. The van der Waals surface area contributed by atoms with Crippen LogP contribution < -0.4 is 5.56 Å². The highest BCUT2D eigenvalue weighted by atomic mass is 19.4. The molecular formula is C23H18F3N5O. The Kier molecular flexibility index (Phi) is 4.51. The van der Waals surface area contributed by atoms with Crippen molar-refractivity contribution >= 4 is 33.2 Å². The summed E-state index contributed by atoms with van der Waals surface area (Å²) in [5.74, 6) is 0. The van der Waals surface area contributed by atoms with E-state index < -0.39 is 11.7 Å². The van der Waals surface area contributed by atoms with Crippen molar-refractivity contribution in [3.05, 3.63) is 70.8 Å². The van der Waals surface area contributed by atoms with Crippen molar-refractivity contribution < 1.29 is 13.2 Å². The summed E-state index contributed by atoms with van der Waals surface area (Å²) in [5.41, 5.74) is 1.07. The average Bonchev–Trinajstić information content (AvgIpc) is 3.10. The molecule has 162 valence electrons. The molecule has 2 aromatic carbocycles. The zero-order valence-corrected chi connectivity index (χ0v) is 17.3. The molecule has 0 N–H and O–H groups in total. The summed E-state index contributed by atoms with van der Waals surface area (Å²) in [5, 5.41) is 0.235. The van der Waals surface area contributed by atoms with Gasteiger partial charge in [-0.25, -0.2) is 15.0 Å². The van der Waals surface area contributed by atoms with Crippen molar-refractivity contribution in [2.45, 2.75) is 32.5 Å². The van der Waals surface area contributed by atoms with Crippen molar-refractivity contribution in [2.24, 2.45) is 0 Å². The van der Waals surface area contributed by atoms with Gasteiger partial charge in [-0.05, 0) is 43.7 Å². The molecule has 0 bridgehead atoms. The first kappa shape index (κ1) is 20.2. The van der Waals surface area contributed by atoms with Gasteiger partial charge < -0.3 is 0 Å². The van der Waals surface area contributed by atoms with Gasteiger partial charge in [-0.3, -0.25) is 13.9 Å². The molecule has 6 nitrogen and oxygen atoms in total. The molecule has 9 heteroatoms. The first-order valence-electron chi connectivity index (χ1n) is 10.1. The van der Waals surface area contributed by atoms with Crippen LogP contribution >= 0.6 is 0 Å². The molecule has 0 amide bonds. The normalized spacial score (nSPS) is 13.3. The zero-order chi connectivity index (χ0) is 22.6. The molecule has 0 spiro atoms. The van der Waals surface area contributed by atoms with Gasteiger partial charge >= 0.3 is 6.18 Å². The second kappa shape index (κ2) is 7.15. The van der Waals surface area contributed by atoms with Crippen LogP contribution in [0.25, 0.3) is 38.9 Å². The minimum atomic E-state index is -4.51. The monoisotopic (exact) mass is 437 g/mol. The lowest BCUT2D eigenvalue weighted by Gasteiger charge is -2.13. The summed E-state index contributed by atoms with van der Waals surface area (Å²) in [7, 11) is 0. The number of alkyl halides is 3. The van der Waals surface area contributed by atoms with Gasteiger partial charge in [-0.15, -0.1) is 0 Å². The number of fused-ring (bicyclic) bond motifs is 4. The van der Waals surface area contributed by atoms with Gasteiger partial charge in [0.25, 0.3) is 5.56 Å². The van der Waals surface area contributed by atoms with E-state index in [9.17, 15) is 18.0 Å². The molecular weight excluding hydrogens is 419 g/mol. The number of hydrogen-bond acceptors (Lipinski definition) is 4. The predicted octanol–water partition coefficient (Wildman–Crippen LogP) is 5.27. The highest BCUT2D eigenvalue weighted by Crippen LogP contribution is 2.33. The fourth-order valence-electron chi connectivity index (χ4n) is 3.83. The molecule has 3 heterocycles. The molecule has 0 aliphatic heterocycles. The number of aromatic nitrogens is 5. The van der Waals surface area contributed by atoms with Crippen LogP contribution in [0.3, 0.4) is 0 Å². The largest absolute Gasteiger partial charge is 0.416 e. The van der Waals surface area contributed by atoms with E-state index in [1.807, 2.05) is 19.9 Å². The maximum atomic E-state index is 13.4. The van der Waals surface area contributed by atoms with E-state index in [1.54, 1.807) is 18.2 Å². The van der Waals surface area contributed by atoms with Crippen LogP contribution in [-0.4, -0.2) is 24.1 Å². The standard InChI is InChI=1S/C23H18F3N5O/c1-3-13(2)30-12-27-20-18(22(30)32)19-21(29-17-10-5-4-9-16(17)28-19)31(20)15-8-6-7-14(11-15)23(24,25)26/h4-13H,3H2,1-2H3. The predicted molar refractivity (Wildman–Crippen MR) is 116 cm³/mol. The summed E-state index contributed by atoms with van der Waals surface area (Å²) < 4.78 is 43.1. The van der Waals surface area contributed by atoms with Crippen LogP contribution in [0, 0.1) is 0 Å². The number of nitrogens with zero attached hydrogens (tertiary/aromatic N) is 5. The van der Waals surface area contributed by atoms with Gasteiger partial charge in [-0.2, -0.15) is 13.2 Å². The van der Waals surface area contributed by atoms with Crippen LogP contribution in [0.2, 0.25) is 0 Å². The third-order valence-electron chi connectivity index (χ3n) is 5.69. The third-order valence-corrected chi connectivity index (χ3v) is 5.69. The Hall–Kier alpha value is -3.75. The van der Waals surface area contributed by atoms with Gasteiger partial charge in [0, 0.05) is 11.7 Å². The fraction of sp³-hybridized carbons (Fsp3) is 0.217.